The molecular formula is C22H21NO6S. The molecule has 1 aromatic heterocycles. The van der Waals surface area contributed by atoms with Gasteiger partial charge >= 0.3 is 11.9 Å². The minimum Gasteiger partial charge on any atom is -0.507 e. The first-order valence-corrected chi connectivity index (χ1v) is 10.2. The maximum absolute atomic E-state index is 13.1. The van der Waals surface area contributed by atoms with Crippen LogP contribution in [0.1, 0.15) is 49.8 Å². The zero-order chi connectivity index (χ0) is 21.8. The molecule has 0 saturated carbocycles. The molecule has 0 radical (unpaired) electrons. The Balaban J connectivity index is 2.07. The fourth-order valence-corrected chi connectivity index (χ4v) is 4.19. The third-order valence-corrected chi connectivity index (χ3v) is 5.64. The standard InChI is InChI=1S/C22H21NO6S/c1-4-28-21(26)16-12(3)18(22(27)29-5-2)30-20(16)23-19(25)17-14-9-7-6-8-13(14)10-11-15(17)24/h6-11,24H,4-5H2,1-3H3,(H,23,25). The Kier molecular flexibility index (Phi) is 6.37. The Morgan fingerprint density at radius 3 is 2.33 bits per heavy atom. The zero-order valence-corrected chi connectivity index (χ0v) is 17.6. The number of nitrogens with one attached hydrogen (secondary N) is 1. The van der Waals surface area contributed by atoms with Gasteiger partial charge in [0.05, 0.1) is 24.3 Å². The Labute approximate surface area is 177 Å². The van der Waals surface area contributed by atoms with Gasteiger partial charge in [-0.1, -0.05) is 30.3 Å². The van der Waals surface area contributed by atoms with Gasteiger partial charge < -0.3 is 19.9 Å². The van der Waals surface area contributed by atoms with Crippen LogP contribution in [0.15, 0.2) is 36.4 Å². The molecule has 1 heterocycles. The number of carbonyl (C=O) groups excluding carboxylic acids is 3. The van der Waals surface area contributed by atoms with Gasteiger partial charge in [0.15, 0.2) is 0 Å². The topological polar surface area (TPSA) is 102 Å². The van der Waals surface area contributed by atoms with E-state index in [0.717, 1.165) is 16.7 Å². The first-order valence-electron chi connectivity index (χ1n) is 9.38. The van der Waals surface area contributed by atoms with Crippen molar-refractivity contribution < 1.29 is 29.0 Å². The molecule has 2 aromatic carbocycles. The lowest BCUT2D eigenvalue weighted by Gasteiger charge is -2.10. The number of benzene rings is 2. The summed E-state index contributed by atoms with van der Waals surface area (Å²) in [6, 6.07) is 10.3. The molecule has 0 unspecified atom stereocenters. The molecule has 0 aliphatic carbocycles. The van der Waals surface area contributed by atoms with Gasteiger partial charge in [-0.05, 0) is 43.2 Å². The lowest BCUT2D eigenvalue weighted by atomic mass is 10.0. The highest BCUT2D eigenvalue weighted by molar-refractivity contribution is 7.18. The van der Waals surface area contributed by atoms with Gasteiger partial charge in [0, 0.05) is 0 Å². The molecule has 156 valence electrons. The second kappa shape index (κ2) is 8.96. The van der Waals surface area contributed by atoms with Crippen molar-refractivity contribution >= 4 is 45.0 Å². The lowest BCUT2D eigenvalue weighted by molar-refractivity contribution is 0.0527. The largest absolute Gasteiger partial charge is 0.507 e. The number of amides is 1. The van der Waals surface area contributed by atoms with Crippen molar-refractivity contribution in [3.63, 3.8) is 0 Å². The highest BCUT2D eigenvalue weighted by atomic mass is 32.1. The maximum atomic E-state index is 13.1. The number of aromatic hydroxyl groups is 1. The predicted octanol–water partition coefficient (Wildman–Crippen LogP) is 4.52. The summed E-state index contributed by atoms with van der Waals surface area (Å²) >= 11 is 0.934. The van der Waals surface area contributed by atoms with Gasteiger partial charge in [0.1, 0.15) is 15.6 Å². The second-order valence-corrected chi connectivity index (χ2v) is 7.36. The fourth-order valence-electron chi connectivity index (χ4n) is 3.11. The van der Waals surface area contributed by atoms with E-state index in [9.17, 15) is 19.5 Å². The predicted molar refractivity (Wildman–Crippen MR) is 115 cm³/mol. The number of thiophene rings is 1. The Morgan fingerprint density at radius 1 is 0.967 bits per heavy atom. The van der Waals surface area contributed by atoms with Gasteiger partial charge in [-0.15, -0.1) is 11.3 Å². The third-order valence-electron chi connectivity index (χ3n) is 4.45. The van der Waals surface area contributed by atoms with E-state index in [1.165, 1.54) is 6.07 Å². The number of carbonyl (C=O) groups is 3. The summed E-state index contributed by atoms with van der Waals surface area (Å²) in [7, 11) is 0. The molecule has 2 N–H and O–H groups in total. The summed E-state index contributed by atoms with van der Waals surface area (Å²) in [5.74, 6) is -2.03. The Morgan fingerprint density at radius 2 is 1.63 bits per heavy atom. The van der Waals surface area contributed by atoms with Crippen LogP contribution in [0, 0.1) is 6.92 Å². The summed E-state index contributed by atoms with van der Waals surface area (Å²) < 4.78 is 10.1. The summed E-state index contributed by atoms with van der Waals surface area (Å²) in [5.41, 5.74) is 0.541. The first kappa shape index (κ1) is 21.3. The van der Waals surface area contributed by atoms with E-state index in [-0.39, 0.29) is 40.0 Å². The van der Waals surface area contributed by atoms with Crippen LogP contribution in [0.2, 0.25) is 0 Å². The molecule has 0 spiro atoms. The molecule has 0 saturated heterocycles. The smallest absolute Gasteiger partial charge is 0.348 e. The summed E-state index contributed by atoms with van der Waals surface area (Å²) in [6.07, 6.45) is 0. The second-order valence-electron chi connectivity index (χ2n) is 6.34. The van der Waals surface area contributed by atoms with Crippen LogP contribution < -0.4 is 5.32 Å². The minimum absolute atomic E-state index is 0.0756. The number of anilines is 1. The molecule has 1 amide bonds. The zero-order valence-electron chi connectivity index (χ0n) is 16.8. The van der Waals surface area contributed by atoms with Crippen LogP contribution >= 0.6 is 11.3 Å². The molecule has 3 aromatic rings. The number of hydrogen-bond donors (Lipinski definition) is 2. The van der Waals surface area contributed by atoms with Gasteiger partial charge in [0.2, 0.25) is 0 Å². The van der Waals surface area contributed by atoms with Crippen LogP contribution in [0.3, 0.4) is 0 Å². The molecule has 0 aliphatic heterocycles. The van der Waals surface area contributed by atoms with E-state index >= 15 is 0 Å². The van der Waals surface area contributed by atoms with Crippen molar-refractivity contribution in [1.29, 1.82) is 0 Å². The van der Waals surface area contributed by atoms with Gasteiger partial charge in [-0.25, -0.2) is 9.59 Å². The molecule has 3 rings (SSSR count). The molecule has 8 heteroatoms. The number of hydrogen-bond acceptors (Lipinski definition) is 7. The number of fused-ring (bicyclic) bond motifs is 1. The van der Waals surface area contributed by atoms with Gasteiger partial charge in [-0.2, -0.15) is 0 Å². The van der Waals surface area contributed by atoms with Crippen LogP contribution in [0.4, 0.5) is 5.00 Å². The monoisotopic (exact) mass is 427 g/mol. The highest BCUT2D eigenvalue weighted by Gasteiger charge is 2.28. The van der Waals surface area contributed by atoms with E-state index in [4.69, 9.17) is 9.47 Å². The Hall–Kier alpha value is -3.39. The average Bonchev–Trinajstić information content (AvgIpc) is 3.04. The quantitative estimate of drug-likeness (QED) is 0.561. The number of rotatable bonds is 6. The Bertz CT molecular complexity index is 1130. The number of esters is 2. The van der Waals surface area contributed by atoms with E-state index in [0.29, 0.717) is 10.9 Å². The van der Waals surface area contributed by atoms with E-state index in [1.807, 2.05) is 12.1 Å². The lowest BCUT2D eigenvalue weighted by Crippen LogP contribution is -2.15. The molecule has 0 fully saturated rings. The van der Waals surface area contributed by atoms with Crippen LogP contribution in [0.25, 0.3) is 10.8 Å². The van der Waals surface area contributed by atoms with E-state index < -0.39 is 17.8 Å². The maximum Gasteiger partial charge on any atom is 0.348 e. The van der Waals surface area contributed by atoms with Crippen molar-refractivity contribution in [1.82, 2.24) is 0 Å². The van der Waals surface area contributed by atoms with Gasteiger partial charge in [-0.3, -0.25) is 4.79 Å². The van der Waals surface area contributed by atoms with Crippen LogP contribution in [0.5, 0.6) is 5.75 Å². The summed E-state index contributed by atoms with van der Waals surface area (Å²) in [5, 5.41) is 14.5. The highest BCUT2D eigenvalue weighted by Crippen LogP contribution is 2.36. The van der Waals surface area contributed by atoms with Crippen molar-refractivity contribution in [2.24, 2.45) is 0 Å². The normalized spacial score (nSPS) is 10.6. The minimum atomic E-state index is -0.653. The van der Waals surface area contributed by atoms with Crippen molar-refractivity contribution in [2.45, 2.75) is 20.8 Å². The fraction of sp³-hybridized carbons (Fsp3) is 0.227. The first-order chi connectivity index (χ1) is 14.4. The molecular weight excluding hydrogens is 406 g/mol. The number of phenols is 1. The van der Waals surface area contributed by atoms with E-state index in [2.05, 4.69) is 5.32 Å². The third kappa shape index (κ3) is 3.99. The molecule has 0 bridgehead atoms. The molecule has 0 aliphatic rings. The van der Waals surface area contributed by atoms with Gasteiger partial charge in [0.25, 0.3) is 5.91 Å². The summed E-state index contributed by atoms with van der Waals surface area (Å²) in [6.45, 7) is 5.26. The average molecular weight is 427 g/mol. The SMILES string of the molecule is CCOC(=O)c1sc(NC(=O)c2c(O)ccc3ccccc23)c(C(=O)OCC)c1C. The summed E-state index contributed by atoms with van der Waals surface area (Å²) in [4.78, 5) is 38.1. The molecule has 7 nitrogen and oxygen atoms in total. The van der Waals surface area contributed by atoms with Crippen LogP contribution in [-0.4, -0.2) is 36.2 Å². The molecule has 0 atom stereocenters. The van der Waals surface area contributed by atoms with Crippen molar-refractivity contribution in [3.05, 3.63) is 58.0 Å². The van der Waals surface area contributed by atoms with Crippen LogP contribution in [-0.2, 0) is 9.47 Å². The number of phenolic OH excluding ortho intramolecular Hbond substituents is 1. The van der Waals surface area contributed by atoms with Crippen molar-refractivity contribution in [3.8, 4) is 5.75 Å². The number of ether oxygens (including phenoxy) is 2. The van der Waals surface area contributed by atoms with E-state index in [1.54, 1.807) is 39.0 Å². The molecule has 30 heavy (non-hydrogen) atoms. The van der Waals surface area contributed by atoms with Crippen molar-refractivity contribution in [2.75, 3.05) is 18.5 Å².